The predicted octanol–water partition coefficient (Wildman–Crippen LogP) is 2.25. The van der Waals surface area contributed by atoms with E-state index in [4.69, 9.17) is 4.74 Å². The van der Waals surface area contributed by atoms with Gasteiger partial charge in [-0.25, -0.2) is 0 Å². The van der Waals surface area contributed by atoms with E-state index in [2.05, 4.69) is 18.9 Å². The molecule has 0 unspecified atom stereocenters. The summed E-state index contributed by atoms with van der Waals surface area (Å²) in [5.74, 6) is 0.723. The van der Waals surface area contributed by atoms with E-state index in [1.54, 1.807) is 0 Å². The lowest BCUT2D eigenvalue weighted by molar-refractivity contribution is -0.149. The molecule has 0 radical (unpaired) electrons. The van der Waals surface area contributed by atoms with Crippen molar-refractivity contribution in [2.45, 2.75) is 57.2 Å². The molecule has 1 aromatic rings. The zero-order valence-corrected chi connectivity index (χ0v) is 12.8. The smallest absolute Gasteiger partial charge is 0.274 e. The number of ether oxygens (including phenoxy) is 1. The Balaban J connectivity index is 1.54. The summed E-state index contributed by atoms with van der Waals surface area (Å²) in [6.07, 6.45) is 6.61. The van der Waals surface area contributed by atoms with E-state index in [9.17, 15) is 4.79 Å². The van der Waals surface area contributed by atoms with E-state index < -0.39 is 0 Å². The zero-order valence-electron chi connectivity index (χ0n) is 12.8. The van der Waals surface area contributed by atoms with Crippen molar-refractivity contribution in [2.75, 3.05) is 13.2 Å². The summed E-state index contributed by atoms with van der Waals surface area (Å²) in [4.78, 5) is 14.8. The summed E-state index contributed by atoms with van der Waals surface area (Å²) in [7, 11) is 0. The highest BCUT2D eigenvalue weighted by atomic mass is 16.5. The minimum absolute atomic E-state index is 0.0303. The standard InChI is InChI=1S/C16H23N3O2/c1-11(2)19-8-6-13(17-19)15(20)18-10-16(7-3-9-21-16)14(18)12-4-5-12/h6,8,11-12,14H,3-5,7,9-10H2,1-2H3/t14-,16-/m1/s1. The highest BCUT2D eigenvalue weighted by molar-refractivity contribution is 5.93. The van der Waals surface area contributed by atoms with Crippen molar-refractivity contribution < 1.29 is 9.53 Å². The van der Waals surface area contributed by atoms with Crippen LogP contribution in [0.1, 0.15) is 56.1 Å². The monoisotopic (exact) mass is 289 g/mol. The Kier molecular flexibility index (Phi) is 2.89. The summed E-state index contributed by atoms with van der Waals surface area (Å²) in [5.41, 5.74) is 0.541. The van der Waals surface area contributed by atoms with E-state index in [1.165, 1.54) is 12.8 Å². The Bertz CT molecular complexity index is 556. The number of hydrogen-bond donors (Lipinski definition) is 0. The molecule has 2 atom stereocenters. The topological polar surface area (TPSA) is 47.4 Å². The second-order valence-electron chi connectivity index (χ2n) is 7.01. The van der Waals surface area contributed by atoms with E-state index in [0.717, 1.165) is 26.0 Å². The molecule has 3 aliphatic rings. The summed E-state index contributed by atoms with van der Waals surface area (Å²) >= 11 is 0. The van der Waals surface area contributed by atoms with Crippen LogP contribution in [0.3, 0.4) is 0 Å². The molecule has 5 heteroatoms. The zero-order chi connectivity index (χ0) is 14.6. The maximum Gasteiger partial charge on any atom is 0.274 e. The Hall–Kier alpha value is -1.36. The molecule has 0 N–H and O–H groups in total. The first-order valence-electron chi connectivity index (χ1n) is 8.11. The predicted molar refractivity (Wildman–Crippen MR) is 78.1 cm³/mol. The van der Waals surface area contributed by atoms with Gasteiger partial charge < -0.3 is 9.64 Å². The number of carbonyl (C=O) groups is 1. The van der Waals surface area contributed by atoms with Gasteiger partial charge in [0, 0.05) is 18.8 Å². The van der Waals surface area contributed by atoms with Crippen LogP contribution >= 0.6 is 0 Å². The SMILES string of the molecule is CC(C)n1ccc(C(=O)N2C[C@]3(CCCO3)[C@H]2C2CC2)n1. The summed E-state index contributed by atoms with van der Waals surface area (Å²) in [5, 5.41) is 4.43. The first-order valence-corrected chi connectivity index (χ1v) is 8.11. The maximum atomic E-state index is 12.7. The Morgan fingerprint density at radius 1 is 1.48 bits per heavy atom. The van der Waals surface area contributed by atoms with Gasteiger partial charge in [0.25, 0.3) is 5.91 Å². The largest absolute Gasteiger partial charge is 0.371 e. The minimum Gasteiger partial charge on any atom is -0.371 e. The number of rotatable bonds is 3. The van der Waals surface area contributed by atoms with Gasteiger partial charge in [0.2, 0.25) is 0 Å². The lowest BCUT2D eigenvalue weighted by Crippen LogP contribution is -2.71. The normalized spacial score (nSPS) is 32.0. The van der Waals surface area contributed by atoms with Crippen LogP contribution < -0.4 is 0 Å². The quantitative estimate of drug-likeness (QED) is 0.857. The Morgan fingerprint density at radius 3 is 2.86 bits per heavy atom. The molecule has 21 heavy (non-hydrogen) atoms. The van der Waals surface area contributed by atoms with Gasteiger partial charge in [-0.2, -0.15) is 5.10 Å². The van der Waals surface area contributed by atoms with Gasteiger partial charge in [0.05, 0.1) is 12.6 Å². The second kappa shape index (κ2) is 4.57. The van der Waals surface area contributed by atoms with Crippen LogP contribution in [-0.2, 0) is 4.74 Å². The van der Waals surface area contributed by atoms with Crippen LogP contribution in [0.4, 0.5) is 0 Å². The van der Waals surface area contributed by atoms with E-state index in [-0.39, 0.29) is 23.6 Å². The van der Waals surface area contributed by atoms with Crippen molar-refractivity contribution in [2.24, 2.45) is 5.92 Å². The third-order valence-electron chi connectivity index (χ3n) is 5.13. The molecular weight excluding hydrogens is 266 g/mol. The summed E-state index contributed by atoms with van der Waals surface area (Å²) in [6, 6.07) is 2.41. The highest BCUT2D eigenvalue weighted by Gasteiger charge is 2.61. The van der Waals surface area contributed by atoms with Crippen molar-refractivity contribution in [3.8, 4) is 0 Å². The minimum atomic E-state index is -0.0303. The van der Waals surface area contributed by atoms with Crippen LogP contribution in [0.15, 0.2) is 12.3 Å². The molecule has 1 amide bonds. The first kappa shape index (κ1) is 13.3. The summed E-state index contributed by atoms with van der Waals surface area (Å²) in [6.45, 7) is 5.74. The molecule has 5 nitrogen and oxygen atoms in total. The fraction of sp³-hybridized carbons (Fsp3) is 0.750. The van der Waals surface area contributed by atoms with Gasteiger partial charge in [-0.15, -0.1) is 0 Å². The van der Waals surface area contributed by atoms with E-state index >= 15 is 0 Å². The number of carbonyl (C=O) groups excluding carboxylic acids is 1. The number of aromatic nitrogens is 2. The number of hydrogen-bond acceptors (Lipinski definition) is 3. The molecule has 3 heterocycles. The van der Waals surface area contributed by atoms with Crippen LogP contribution in [-0.4, -0.2) is 45.4 Å². The molecule has 2 saturated heterocycles. The van der Waals surface area contributed by atoms with E-state index in [1.807, 2.05) is 21.8 Å². The lowest BCUT2D eigenvalue weighted by Gasteiger charge is -2.55. The number of amides is 1. The third kappa shape index (κ3) is 2.01. The van der Waals surface area contributed by atoms with Gasteiger partial charge in [-0.1, -0.05) is 0 Å². The fourth-order valence-electron chi connectivity index (χ4n) is 3.91. The molecule has 2 aliphatic heterocycles. The second-order valence-corrected chi connectivity index (χ2v) is 7.01. The van der Waals surface area contributed by atoms with Crippen LogP contribution in [0, 0.1) is 5.92 Å². The first-order chi connectivity index (χ1) is 10.1. The van der Waals surface area contributed by atoms with Crippen molar-refractivity contribution in [1.82, 2.24) is 14.7 Å². The van der Waals surface area contributed by atoms with Crippen LogP contribution in [0.25, 0.3) is 0 Å². The van der Waals surface area contributed by atoms with Gasteiger partial charge in [0.1, 0.15) is 11.3 Å². The van der Waals surface area contributed by atoms with Crippen molar-refractivity contribution in [3.63, 3.8) is 0 Å². The molecule has 1 saturated carbocycles. The Morgan fingerprint density at radius 2 is 2.29 bits per heavy atom. The lowest BCUT2D eigenvalue weighted by atomic mass is 9.78. The van der Waals surface area contributed by atoms with Crippen LogP contribution in [0.2, 0.25) is 0 Å². The van der Waals surface area contributed by atoms with Gasteiger partial charge in [0.15, 0.2) is 0 Å². The molecule has 0 bridgehead atoms. The van der Waals surface area contributed by atoms with Crippen molar-refractivity contribution >= 4 is 5.91 Å². The third-order valence-corrected chi connectivity index (χ3v) is 5.13. The molecule has 1 spiro atoms. The summed E-state index contributed by atoms with van der Waals surface area (Å²) < 4.78 is 7.88. The molecular formula is C16H23N3O2. The van der Waals surface area contributed by atoms with Crippen molar-refractivity contribution in [1.29, 1.82) is 0 Å². The Labute approximate surface area is 125 Å². The molecule has 4 rings (SSSR count). The van der Waals surface area contributed by atoms with Crippen molar-refractivity contribution in [3.05, 3.63) is 18.0 Å². The maximum absolute atomic E-state index is 12.7. The molecule has 3 fully saturated rings. The highest BCUT2D eigenvalue weighted by Crippen LogP contribution is 2.51. The molecule has 1 aliphatic carbocycles. The fourth-order valence-corrected chi connectivity index (χ4v) is 3.91. The average molecular weight is 289 g/mol. The van der Waals surface area contributed by atoms with E-state index in [0.29, 0.717) is 11.6 Å². The van der Waals surface area contributed by atoms with Gasteiger partial charge in [-0.3, -0.25) is 9.48 Å². The molecule has 1 aromatic heterocycles. The molecule has 114 valence electrons. The number of likely N-dealkylation sites (tertiary alicyclic amines) is 1. The number of nitrogens with zero attached hydrogens (tertiary/aromatic N) is 3. The van der Waals surface area contributed by atoms with Crippen LogP contribution in [0.5, 0.6) is 0 Å². The average Bonchev–Trinajstić information content (AvgIpc) is 2.99. The molecule has 0 aromatic carbocycles. The van der Waals surface area contributed by atoms with Gasteiger partial charge in [-0.05, 0) is 51.5 Å². The van der Waals surface area contributed by atoms with Gasteiger partial charge >= 0.3 is 0 Å².